The van der Waals surface area contributed by atoms with Crippen molar-refractivity contribution >= 4 is 5.91 Å². The van der Waals surface area contributed by atoms with Crippen LogP contribution in [0.3, 0.4) is 0 Å². The van der Waals surface area contributed by atoms with Gasteiger partial charge in [-0.25, -0.2) is 4.98 Å². The molecular formula is C17H19N3O3. The van der Waals surface area contributed by atoms with Gasteiger partial charge in [-0.3, -0.25) is 4.79 Å². The Labute approximate surface area is 134 Å². The van der Waals surface area contributed by atoms with Crippen LogP contribution in [0.25, 0.3) is 0 Å². The standard InChI is InChI=1S/C17H19N3O3/c1-23-17-18-8-7-15(19-17)16(22)20(10-12-5-6-12)11-13-3-2-4-14(21)9-13/h2-4,7-9,12,21H,5-6,10-11H2,1H3. The molecule has 0 atom stereocenters. The van der Waals surface area contributed by atoms with E-state index in [0.29, 0.717) is 24.7 Å². The molecule has 1 aromatic carbocycles. The van der Waals surface area contributed by atoms with Crippen molar-refractivity contribution in [3.63, 3.8) is 0 Å². The lowest BCUT2D eigenvalue weighted by atomic mass is 10.2. The highest BCUT2D eigenvalue weighted by atomic mass is 16.5. The molecule has 1 aliphatic carbocycles. The molecule has 6 nitrogen and oxygen atoms in total. The molecule has 1 N–H and O–H groups in total. The fraction of sp³-hybridized carbons (Fsp3) is 0.353. The highest BCUT2D eigenvalue weighted by molar-refractivity contribution is 5.92. The van der Waals surface area contributed by atoms with Crippen LogP contribution in [0.5, 0.6) is 11.8 Å². The third-order valence-corrected chi connectivity index (χ3v) is 3.78. The van der Waals surface area contributed by atoms with Gasteiger partial charge in [0.25, 0.3) is 5.91 Å². The predicted molar refractivity (Wildman–Crippen MR) is 84.2 cm³/mol. The molecule has 0 unspecified atom stereocenters. The minimum Gasteiger partial charge on any atom is -0.508 e. The molecule has 3 rings (SSSR count). The molecule has 1 heterocycles. The van der Waals surface area contributed by atoms with E-state index in [1.807, 2.05) is 6.07 Å². The van der Waals surface area contributed by atoms with Crippen molar-refractivity contribution in [2.75, 3.05) is 13.7 Å². The number of ether oxygens (including phenoxy) is 1. The zero-order valence-corrected chi connectivity index (χ0v) is 13.0. The van der Waals surface area contributed by atoms with Crippen molar-refractivity contribution in [1.29, 1.82) is 0 Å². The first-order valence-electron chi connectivity index (χ1n) is 7.60. The number of carbonyl (C=O) groups excluding carboxylic acids is 1. The maximum absolute atomic E-state index is 12.8. The van der Waals surface area contributed by atoms with Crippen molar-refractivity contribution in [2.24, 2.45) is 5.92 Å². The SMILES string of the molecule is COc1nccc(C(=O)N(Cc2cccc(O)c2)CC2CC2)n1. The minimum absolute atomic E-state index is 0.152. The number of hydrogen-bond acceptors (Lipinski definition) is 5. The quantitative estimate of drug-likeness (QED) is 0.885. The summed E-state index contributed by atoms with van der Waals surface area (Å²) in [5.74, 6) is 0.603. The van der Waals surface area contributed by atoms with E-state index in [0.717, 1.165) is 18.4 Å². The van der Waals surface area contributed by atoms with Gasteiger partial charge in [-0.05, 0) is 42.5 Å². The zero-order valence-electron chi connectivity index (χ0n) is 13.0. The summed E-state index contributed by atoms with van der Waals surface area (Å²) in [6, 6.07) is 8.73. The molecule has 2 aromatic rings. The maximum atomic E-state index is 12.8. The predicted octanol–water partition coefficient (Wildman–Crippen LogP) is 2.24. The van der Waals surface area contributed by atoms with Gasteiger partial charge in [-0.2, -0.15) is 4.98 Å². The van der Waals surface area contributed by atoms with Crippen molar-refractivity contribution in [1.82, 2.24) is 14.9 Å². The maximum Gasteiger partial charge on any atom is 0.316 e. The average Bonchev–Trinajstić information content (AvgIpc) is 3.38. The lowest BCUT2D eigenvalue weighted by Gasteiger charge is -2.22. The number of carbonyl (C=O) groups is 1. The summed E-state index contributed by atoms with van der Waals surface area (Å²) in [5.41, 5.74) is 1.21. The van der Waals surface area contributed by atoms with Gasteiger partial charge >= 0.3 is 6.01 Å². The Bertz CT molecular complexity index is 701. The number of phenolic OH excluding ortho intramolecular Hbond substituents is 1. The van der Waals surface area contributed by atoms with E-state index >= 15 is 0 Å². The van der Waals surface area contributed by atoms with Crippen LogP contribution in [0.4, 0.5) is 0 Å². The van der Waals surface area contributed by atoms with Gasteiger partial charge in [0, 0.05) is 19.3 Å². The number of hydrogen-bond donors (Lipinski definition) is 1. The molecule has 23 heavy (non-hydrogen) atoms. The summed E-state index contributed by atoms with van der Waals surface area (Å²) >= 11 is 0. The number of methoxy groups -OCH3 is 1. The summed E-state index contributed by atoms with van der Waals surface area (Å²) in [5, 5.41) is 9.60. The van der Waals surface area contributed by atoms with Crippen molar-refractivity contribution in [3.8, 4) is 11.8 Å². The second kappa shape index (κ2) is 6.64. The first-order chi connectivity index (χ1) is 11.2. The minimum atomic E-state index is -0.152. The fourth-order valence-electron chi connectivity index (χ4n) is 2.43. The monoisotopic (exact) mass is 313 g/mol. The third kappa shape index (κ3) is 3.97. The van der Waals surface area contributed by atoms with Gasteiger partial charge in [0.1, 0.15) is 11.4 Å². The number of phenols is 1. The van der Waals surface area contributed by atoms with Crippen LogP contribution in [-0.2, 0) is 6.54 Å². The van der Waals surface area contributed by atoms with Crippen molar-refractivity contribution in [3.05, 3.63) is 47.8 Å². The van der Waals surface area contributed by atoms with E-state index in [1.165, 1.54) is 13.3 Å². The first kappa shape index (κ1) is 15.3. The normalized spacial score (nSPS) is 13.6. The first-order valence-corrected chi connectivity index (χ1v) is 7.60. The molecule has 0 radical (unpaired) electrons. The molecule has 0 aliphatic heterocycles. The number of rotatable bonds is 6. The molecule has 0 bridgehead atoms. The number of aromatic hydroxyl groups is 1. The molecule has 0 spiro atoms. The van der Waals surface area contributed by atoms with Gasteiger partial charge in [0.05, 0.1) is 7.11 Å². The summed E-state index contributed by atoms with van der Waals surface area (Å²) in [6.45, 7) is 1.14. The molecule has 120 valence electrons. The van der Waals surface area contributed by atoms with Crippen LogP contribution < -0.4 is 4.74 Å². The smallest absolute Gasteiger partial charge is 0.316 e. The van der Waals surface area contributed by atoms with Gasteiger partial charge in [0.2, 0.25) is 0 Å². The Hall–Kier alpha value is -2.63. The van der Waals surface area contributed by atoms with Crippen LogP contribution in [0.15, 0.2) is 36.5 Å². The van der Waals surface area contributed by atoms with Gasteiger partial charge in [0.15, 0.2) is 0 Å². The molecule has 6 heteroatoms. The van der Waals surface area contributed by atoms with Crippen molar-refractivity contribution in [2.45, 2.75) is 19.4 Å². The molecule has 1 aromatic heterocycles. The molecule has 1 fully saturated rings. The Morgan fingerprint density at radius 1 is 1.39 bits per heavy atom. The molecule has 1 saturated carbocycles. The second-order valence-corrected chi connectivity index (χ2v) is 5.73. The molecular weight excluding hydrogens is 294 g/mol. The Morgan fingerprint density at radius 2 is 2.22 bits per heavy atom. The average molecular weight is 313 g/mol. The van der Waals surface area contributed by atoms with Gasteiger partial charge in [-0.15, -0.1) is 0 Å². The van der Waals surface area contributed by atoms with E-state index in [2.05, 4.69) is 9.97 Å². The Morgan fingerprint density at radius 3 is 2.91 bits per heavy atom. The Balaban J connectivity index is 1.81. The van der Waals surface area contributed by atoms with Crippen LogP contribution in [0.2, 0.25) is 0 Å². The largest absolute Gasteiger partial charge is 0.508 e. The van der Waals surface area contributed by atoms with Crippen LogP contribution in [-0.4, -0.2) is 39.5 Å². The summed E-state index contributed by atoms with van der Waals surface area (Å²) in [6.07, 6.45) is 3.82. The Kier molecular flexibility index (Phi) is 4.41. The highest BCUT2D eigenvalue weighted by Gasteiger charge is 2.28. The number of benzene rings is 1. The third-order valence-electron chi connectivity index (χ3n) is 3.78. The molecule has 1 aliphatic rings. The lowest BCUT2D eigenvalue weighted by molar-refractivity contribution is 0.0727. The summed E-state index contributed by atoms with van der Waals surface area (Å²) in [4.78, 5) is 22.6. The molecule has 0 saturated heterocycles. The number of nitrogens with zero attached hydrogens (tertiary/aromatic N) is 3. The topological polar surface area (TPSA) is 75.5 Å². The van der Waals surface area contributed by atoms with Crippen molar-refractivity contribution < 1.29 is 14.6 Å². The second-order valence-electron chi connectivity index (χ2n) is 5.73. The van der Waals surface area contributed by atoms with E-state index in [1.54, 1.807) is 29.2 Å². The number of aromatic nitrogens is 2. The van der Waals surface area contributed by atoms with Gasteiger partial charge in [-0.1, -0.05) is 12.1 Å². The van der Waals surface area contributed by atoms with E-state index < -0.39 is 0 Å². The van der Waals surface area contributed by atoms with E-state index in [4.69, 9.17) is 4.74 Å². The van der Waals surface area contributed by atoms with Crippen LogP contribution in [0, 0.1) is 5.92 Å². The van der Waals surface area contributed by atoms with E-state index in [-0.39, 0.29) is 17.7 Å². The zero-order chi connectivity index (χ0) is 16.2. The highest BCUT2D eigenvalue weighted by Crippen LogP contribution is 2.30. The van der Waals surface area contributed by atoms with E-state index in [9.17, 15) is 9.90 Å². The van der Waals surface area contributed by atoms with Gasteiger partial charge < -0.3 is 14.7 Å². The number of amides is 1. The summed E-state index contributed by atoms with van der Waals surface area (Å²) < 4.78 is 4.99. The summed E-state index contributed by atoms with van der Waals surface area (Å²) in [7, 11) is 1.47. The fourth-order valence-corrected chi connectivity index (χ4v) is 2.43. The van der Waals surface area contributed by atoms with Crippen LogP contribution >= 0.6 is 0 Å². The molecule has 1 amide bonds. The van der Waals surface area contributed by atoms with Crippen LogP contribution in [0.1, 0.15) is 28.9 Å². The lowest BCUT2D eigenvalue weighted by Crippen LogP contribution is -2.33.